The lowest BCUT2D eigenvalue weighted by atomic mass is 10.0. The molecule has 0 saturated carbocycles. The smallest absolute Gasteiger partial charge is 0.408 e. The van der Waals surface area contributed by atoms with Crippen molar-refractivity contribution in [3.05, 3.63) is 29.8 Å². The van der Waals surface area contributed by atoms with Crippen molar-refractivity contribution in [2.24, 2.45) is 0 Å². The molecular formula is C30H54N2O7Si2. The third kappa shape index (κ3) is 11.8. The van der Waals surface area contributed by atoms with Crippen LogP contribution in [0, 0.1) is 0 Å². The number of alkyl carbamates (subject to hydrolysis) is 1. The van der Waals surface area contributed by atoms with E-state index in [0.717, 1.165) is 11.3 Å². The van der Waals surface area contributed by atoms with E-state index in [0.29, 0.717) is 0 Å². The predicted molar refractivity (Wildman–Crippen MR) is 168 cm³/mol. The fourth-order valence-electron chi connectivity index (χ4n) is 3.13. The van der Waals surface area contributed by atoms with E-state index >= 15 is 0 Å². The number of hydrogen-bond donors (Lipinski definition) is 2. The highest BCUT2D eigenvalue weighted by Gasteiger charge is 2.40. The topological polar surface area (TPSA) is 112 Å². The van der Waals surface area contributed by atoms with E-state index in [4.69, 9.17) is 18.3 Å². The van der Waals surface area contributed by atoms with Gasteiger partial charge in [0, 0.05) is 6.42 Å². The van der Waals surface area contributed by atoms with Gasteiger partial charge in [-0.2, -0.15) is 0 Å². The normalized spacial score (nSPS) is 14.5. The van der Waals surface area contributed by atoms with E-state index in [1.54, 1.807) is 20.8 Å². The van der Waals surface area contributed by atoms with Crippen molar-refractivity contribution in [1.82, 2.24) is 10.6 Å². The van der Waals surface area contributed by atoms with Gasteiger partial charge in [0.25, 0.3) is 0 Å². The maximum absolute atomic E-state index is 13.5. The van der Waals surface area contributed by atoms with Gasteiger partial charge in [0.1, 0.15) is 23.4 Å². The molecule has 0 aromatic heterocycles. The Bertz CT molecular complexity index is 1040. The summed E-state index contributed by atoms with van der Waals surface area (Å²) in [5, 5.41) is 5.37. The van der Waals surface area contributed by atoms with Gasteiger partial charge in [-0.15, -0.1) is 0 Å². The first-order chi connectivity index (χ1) is 18.4. The third-order valence-electron chi connectivity index (χ3n) is 7.77. The second-order valence-electron chi connectivity index (χ2n) is 14.6. The molecule has 1 rings (SSSR count). The third-order valence-corrected chi connectivity index (χ3v) is 16.6. The lowest BCUT2D eigenvalue weighted by Crippen LogP contribution is -2.55. The molecule has 0 saturated heterocycles. The van der Waals surface area contributed by atoms with Crippen LogP contribution >= 0.6 is 0 Å². The molecule has 0 aliphatic heterocycles. The quantitative estimate of drug-likeness (QED) is 0.227. The van der Waals surface area contributed by atoms with Crippen LogP contribution in [0.1, 0.15) is 67.9 Å². The number of benzene rings is 1. The molecule has 2 atom stereocenters. The van der Waals surface area contributed by atoms with Gasteiger partial charge in [-0.1, -0.05) is 53.7 Å². The molecule has 0 aliphatic rings. The number of carbonyl (C=O) groups is 3. The SMILES string of the molecule is COC(=O)C(CO[Si](C)(C)C(C)(C)C)NC(=O)[C@H](Cc1ccc(O[Si](C)(C)C(C)(C)C)cc1)NC(=O)OC(C)(C)C. The first-order valence-electron chi connectivity index (χ1n) is 14.2. The molecule has 1 aromatic rings. The van der Waals surface area contributed by atoms with Crippen LogP contribution in [0.4, 0.5) is 4.79 Å². The Balaban J connectivity index is 3.19. The van der Waals surface area contributed by atoms with Gasteiger partial charge in [0.2, 0.25) is 14.2 Å². The number of ether oxygens (including phenoxy) is 2. The van der Waals surface area contributed by atoms with E-state index in [1.807, 2.05) is 24.3 Å². The molecule has 0 bridgehead atoms. The highest BCUT2D eigenvalue weighted by atomic mass is 28.4. The average Bonchev–Trinajstić information content (AvgIpc) is 2.79. The van der Waals surface area contributed by atoms with E-state index < -0.39 is 52.3 Å². The molecule has 2 amide bonds. The first-order valence-corrected chi connectivity index (χ1v) is 20.0. The molecular weight excluding hydrogens is 557 g/mol. The first kappa shape index (κ1) is 36.6. The van der Waals surface area contributed by atoms with Crippen molar-refractivity contribution < 1.29 is 32.7 Å². The minimum absolute atomic E-state index is 0.0342. The summed E-state index contributed by atoms with van der Waals surface area (Å²) >= 11 is 0. The second-order valence-corrected chi connectivity index (χ2v) is 24.1. The maximum Gasteiger partial charge on any atom is 0.408 e. The molecule has 1 aromatic carbocycles. The molecule has 234 valence electrons. The largest absolute Gasteiger partial charge is 0.544 e. The Hall–Kier alpha value is -2.38. The number of hydrogen-bond acceptors (Lipinski definition) is 7. The van der Waals surface area contributed by atoms with E-state index in [2.05, 4.69) is 78.4 Å². The van der Waals surface area contributed by atoms with Crippen LogP contribution in [0.25, 0.3) is 0 Å². The van der Waals surface area contributed by atoms with Crippen LogP contribution in [-0.2, 0) is 29.9 Å². The summed E-state index contributed by atoms with van der Waals surface area (Å²) in [5.41, 5.74) is 0.0512. The van der Waals surface area contributed by atoms with Crippen LogP contribution in [0.15, 0.2) is 24.3 Å². The molecule has 2 N–H and O–H groups in total. The van der Waals surface area contributed by atoms with Gasteiger partial charge in [0.15, 0.2) is 8.32 Å². The minimum atomic E-state index is -2.21. The summed E-state index contributed by atoms with van der Waals surface area (Å²) in [6, 6.07) is 5.45. The van der Waals surface area contributed by atoms with Crippen molar-refractivity contribution in [2.45, 2.75) is 123 Å². The fourth-order valence-corrected chi connectivity index (χ4v) is 5.18. The van der Waals surface area contributed by atoms with Gasteiger partial charge in [-0.05, 0) is 74.7 Å². The number of methoxy groups -OCH3 is 1. The summed E-state index contributed by atoms with van der Waals surface area (Å²) in [6.07, 6.45) is -0.565. The standard InChI is InChI=1S/C30H54N2O7Si2/c1-28(2,3)38-27(35)32-23(19-21-15-17-22(18-16-21)39-41(13,14)30(7,8)9)25(33)31-24(26(34)36-10)20-37-40(11,12)29(4,5)6/h15-18,23-24H,19-20H2,1-14H3,(H,31,33)(H,32,35)/t23-,24?/m0/s1. The van der Waals surface area contributed by atoms with Gasteiger partial charge >= 0.3 is 12.1 Å². The zero-order chi connectivity index (χ0) is 32.0. The van der Waals surface area contributed by atoms with E-state index in [-0.39, 0.29) is 23.1 Å². The summed E-state index contributed by atoms with van der Waals surface area (Å²) in [6.45, 7) is 26.5. The zero-order valence-corrected chi connectivity index (χ0v) is 29.7. The molecule has 0 fully saturated rings. The van der Waals surface area contributed by atoms with Gasteiger partial charge in [0.05, 0.1) is 13.7 Å². The number of carbonyl (C=O) groups excluding carboxylic acids is 3. The van der Waals surface area contributed by atoms with Gasteiger partial charge in [-0.3, -0.25) is 4.79 Å². The van der Waals surface area contributed by atoms with Crippen molar-refractivity contribution in [1.29, 1.82) is 0 Å². The lowest BCUT2D eigenvalue weighted by molar-refractivity contribution is -0.146. The second kappa shape index (κ2) is 13.7. The Kier molecular flexibility index (Phi) is 12.3. The molecule has 0 heterocycles. The monoisotopic (exact) mass is 610 g/mol. The summed E-state index contributed by atoms with van der Waals surface area (Å²) < 4.78 is 22.9. The molecule has 0 spiro atoms. The molecule has 0 radical (unpaired) electrons. The maximum atomic E-state index is 13.5. The van der Waals surface area contributed by atoms with Crippen LogP contribution in [0.5, 0.6) is 5.75 Å². The van der Waals surface area contributed by atoms with Gasteiger partial charge < -0.3 is 29.0 Å². The highest BCUT2D eigenvalue weighted by molar-refractivity contribution is 6.75. The summed E-state index contributed by atoms with van der Waals surface area (Å²) in [4.78, 5) is 38.8. The Labute approximate surface area is 249 Å². The molecule has 9 nitrogen and oxygen atoms in total. The predicted octanol–water partition coefficient (Wildman–Crippen LogP) is 6.19. The summed E-state index contributed by atoms with van der Waals surface area (Å²) in [7, 11) is -2.96. The highest BCUT2D eigenvalue weighted by Crippen LogP contribution is 2.38. The van der Waals surface area contributed by atoms with Crippen molar-refractivity contribution >= 4 is 34.6 Å². The van der Waals surface area contributed by atoms with Crippen LogP contribution in [-0.4, -0.2) is 66.0 Å². The minimum Gasteiger partial charge on any atom is -0.544 e. The van der Waals surface area contributed by atoms with Crippen LogP contribution in [0.3, 0.4) is 0 Å². The number of amides is 2. The number of nitrogens with one attached hydrogen (secondary N) is 2. The number of rotatable bonds is 11. The molecule has 1 unspecified atom stereocenters. The van der Waals surface area contributed by atoms with Crippen LogP contribution < -0.4 is 15.1 Å². The molecule has 41 heavy (non-hydrogen) atoms. The zero-order valence-electron chi connectivity index (χ0n) is 27.7. The summed E-state index contributed by atoms with van der Waals surface area (Å²) in [5.74, 6) is -0.415. The van der Waals surface area contributed by atoms with Crippen LogP contribution in [0.2, 0.25) is 36.3 Å². The molecule has 11 heteroatoms. The Morgan fingerprint density at radius 3 is 1.73 bits per heavy atom. The Morgan fingerprint density at radius 2 is 1.29 bits per heavy atom. The van der Waals surface area contributed by atoms with Crippen molar-refractivity contribution in [3.8, 4) is 5.75 Å². The van der Waals surface area contributed by atoms with Crippen molar-refractivity contribution in [3.63, 3.8) is 0 Å². The number of esters is 1. The Morgan fingerprint density at radius 1 is 0.780 bits per heavy atom. The van der Waals surface area contributed by atoms with Gasteiger partial charge in [-0.25, -0.2) is 9.59 Å². The molecule has 0 aliphatic carbocycles. The fraction of sp³-hybridized carbons (Fsp3) is 0.700. The van der Waals surface area contributed by atoms with E-state index in [1.165, 1.54) is 7.11 Å². The lowest BCUT2D eigenvalue weighted by Gasteiger charge is -2.37. The van der Waals surface area contributed by atoms with E-state index in [9.17, 15) is 14.4 Å². The average molecular weight is 611 g/mol. The van der Waals surface area contributed by atoms with Crippen molar-refractivity contribution in [2.75, 3.05) is 13.7 Å².